The molecule has 0 bridgehead atoms. The standard InChI is InChI=1S/C18H14N2O5/c1-2-25-18(22)16-10-13-9-12(5-8-15(13)19-16)17(21)11-3-6-14(7-4-11)20(23)24/h3-10,19H,2H2,1H3. The predicted molar refractivity (Wildman–Crippen MR) is 90.8 cm³/mol. The summed E-state index contributed by atoms with van der Waals surface area (Å²) in [6, 6.07) is 12.1. The first-order valence-electron chi connectivity index (χ1n) is 7.58. The smallest absolute Gasteiger partial charge is 0.354 e. The Morgan fingerprint density at radius 2 is 1.76 bits per heavy atom. The molecule has 1 heterocycles. The second-order valence-corrected chi connectivity index (χ2v) is 5.34. The molecule has 0 aliphatic carbocycles. The van der Waals surface area contributed by atoms with E-state index < -0.39 is 10.9 Å². The zero-order chi connectivity index (χ0) is 18.0. The molecule has 0 aliphatic heterocycles. The number of fused-ring (bicyclic) bond motifs is 1. The van der Waals surface area contributed by atoms with Crippen LogP contribution in [0.25, 0.3) is 10.9 Å². The molecule has 0 saturated heterocycles. The fourth-order valence-corrected chi connectivity index (χ4v) is 2.49. The molecule has 0 atom stereocenters. The van der Waals surface area contributed by atoms with Crippen molar-refractivity contribution in [3.63, 3.8) is 0 Å². The van der Waals surface area contributed by atoms with E-state index in [0.29, 0.717) is 27.7 Å². The minimum atomic E-state index is -0.517. The van der Waals surface area contributed by atoms with Crippen LogP contribution in [0.3, 0.4) is 0 Å². The Morgan fingerprint density at radius 1 is 1.08 bits per heavy atom. The van der Waals surface area contributed by atoms with Gasteiger partial charge in [-0.05, 0) is 43.3 Å². The van der Waals surface area contributed by atoms with Gasteiger partial charge in [-0.25, -0.2) is 4.79 Å². The topological polar surface area (TPSA) is 102 Å². The molecule has 0 amide bonds. The Balaban J connectivity index is 1.91. The zero-order valence-corrected chi connectivity index (χ0v) is 13.3. The molecule has 0 unspecified atom stereocenters. The average molecular weight is 338 g/mol. The van der Waals surface area contributed by atoms with E-state index in [9.17, 15) is 19.7 Å². The number of nitro benzene ring substituents is 1. The van der Waals surface area contributed by atoms with Crippen molar-refractivity contribution in [3.8, 4) is 0 Å². The van der Waals surface area contributed by atoms with Gasteiger partial charge in [0, 0.05) is 34.2 Å². The molecule has 1 aromatic heterocycles. The van der Waals surface area contributed by atoms with Crippen molar-refractivity contribution in [2.75, 3.05) is 6.61 Å². The van der Waals surface area contributed by atoms with Crippen molar-refractivity contribution < 1.29 is 19.2 Å². The summed E-state index contributed by atoms with van der Waals surface area (Å²) in [6.45, 7) is 2.00. The molecule has 7 heteroatoms. The Bertz CT molecular complexity index is 973. The van der Waals surface area contributed by atoms with Gasteiger partial charge in [-0.2, -0.15) is 0 Å². The fraction of sp³-hybridized carbons (Fsp3) is 0.111. The van der Waals surface area contributed by atoms with Crippen molar-refractivity contribution in [3.05, 3.63) is 75.5 Å². The number of nitro groups is 1. The average Bonchev–Trinajstić information content (AvgIpc) is 3.04. The third-order valence-electron chi connectivity index (χ3n) is 3.72. The summed E-state index contributed by atoms with van der Waals surface area (Å²) in [4.78, 5) is 37.4. The highest BCUT2D eigenvalue weighted by Crippen LogP contribution is 2.21. The third kappa shape index (κ3) is 3.25. The molecule has 0 spiro atoms. The van der Waals surface area contributed by atoms with Crippen LogP contribution in [-0.4, -0.2) is 28.3 Å². The van der Waals surface area contributed by atoms with Crippen LogP contribution < -0.4 is 0 Å². The minimum absolute atomic E-state index is 0.0725. The Labute approximate surface area is 142 Å². The van der Waals surface area contributed by atoms with Crippen LogP contribution in [0.1, 0.15) is 33.3 Å². The molecule has 0 saturated carbocycles. The lowest BCUT2D eigenvalue weighted by atomic mass is 10.0. The lowest BCUT2D eigenvalue weighted by molar-refractivity contribution is -0.384. The van der Waals surface area contributed by atoms with E-state index in [4.69, 9.17) is 4.74 Å². The van der Waals surface area contributed by atoms with Gasteiger partial charge in [0.1, 0.15) is 5.69 Å². The van der Waals surface area contributed by atoms with Gasteiger partial charge in [-0.3, -0.25) is 14.9 Å². The molecule has 0 aliphatic rings. The normalized spacial score (nSPS) is 10.6. The summed E-state index contributed by atoms with van der Waals surface area (Å²) >= 11 is 0. The lowest BCUT2D eigenvalue weighted by Gasteiger charge is -2.01. The number of non-ortho nitro benzene ring substituents is 1. The molecule has 126 valence electrons. The molecule has 0 fully saturated rings. The quantitative estimate of drug-likeness (QED) is 0.332. The van der Waals surface area contributed by atoms with Gasteiger partial charge in [-0.1, -0.05) is 0 Å². The van der Waals surface area contributed by atoms with Crippen LogP contribution in [0.2, 0.25) is 0 Å². The number of H-pyrrole nitrogens is 1. The van der Waals surface area contributed by atoms with E-state index in [1.54, 1.807) is 31.2 Å². The summed E-state index contributed by atoms with van der Waals surface area (Å²) < 4.78 is 4.94. The zero-order valence-electron chi connectivity index (χ0n) is 13.3. The molecule has 7 nitrogen and oxygen atoms in total. The molecule has 3 aromatic rings. The first-order chi connectivity index (χ1) is 12.0. The second-order valence-electron chi connectivity index (χ2n) is 5.34. The maximum absolute atomic E-state index is 12.5. The van der Waals surface area contributed by atoms with Crippen molar-refractivity contribution in [2.45, 2.75) is 6.92 Å². The lowest BCUT2D eigenvalue weighted by Crippen LogP contribution is -2.04. The third-order valence-corrected chi connectivity index (χ3v) is 3.72. The number of ether oxygens (including phenoxy) is 1. The Morgan fingerprint density at radius 3 is 2.40 bits per heavy atom. The number of nitrogens with zero attached hydrogens (tertiary/aromatic N) is 1. The molecule has 1 N–H and O–H groups in total. The van der Waals surface area contributed by atoms with Crippen LogP contribution in [0.15, 0.2) is 48.5 Å². The summed E-state index contributed by atoms with van der Waals surface area (Å²) in [7, 11) is 0. The highest BCUT2D eigenvalue weighted by atomic mass is 16.6. The number of carbonyl (C=O) groups is 2. The van der Waals surface area contributed by atoms with E-state index in [1.165, 1.54) is 24.3 Å². The molecule has 3 rings (SSSR count). The molecule has 0 radical (unpaired) electrons. The Kier molecular flexibility index (Phi) is 4.30. The number of ketones is 1. The first-order valence-corrected chi connectivity index (χ1v) is 7.58. The molecule has 25 heavy (non-hydrogen) atoms. The SMILES string of the molecule is CCOC(=O)c1cc2cc(C(=O)c3ccc([N+](=O)[O-])cc3)ccc2[nH]1. The number of benzene rings is 2. The molecular weight excluding hydrogens is 324 g/mol. The second kappa shape index (κ2) is 6.56. The number of esters is 1. The van der Waals surface area contributed by atoms with Crippen LogP contribution in [0.5, 0.6) is 0 Å². The number of rotatable bonds is 5. The number of aromatic nitrogens is 1. The largest absolute Gasteiger partial charge is 0.461 e. The number of aromatic amines is 1. The summed E-state index contributed by atoms with van der Waals surface area (Å²) in [5, 5.41) is 11.4. The fourth-order valence-electron chi connectivity index (χ4n) is 2.49. The maximum atomic E-state index is 12.5. The van der Waals surface area contributed by atoms with Crippen LogP contribution in [-0.2, 0) is 4.74 Å². The van der Waals surface area contributed by atoms with E-state index in [0.717, 1.165) is 0 Å². The van der Waals surface area contributed by atoms with Gasteiger partial charge in [0.05, 0.1) is 11.5 Å². The van der Waals surface area contributed by atoms with E-state index in [2.05, 4.69) is 4.98 Å². The van der Waals surface area contributed by atoms with Crippen molar-refractivity contribution in [2.24, 2.45) is 0 Å². The van der Waals surface area contributed by atoms with Crippen molar-refractivity contribution >= 4 is 28.3 Å². The summed E-state index contributed by atoms with van der Waals surface area (Å²) in [5.74, 6) is -0.711. The highest BCUT2D eigenvalue weighted by molar-refractivity contribution is 6.11. The molecular formula is C18H14N2O5. The van der Waals surface area contributed by atoms with Gasteiger partial charge < -0.3 is 9.72 Å². The first kappa shape index (κ1) is 16.4. The number of carbonyl (C=O) groups excluding carboxylic acids is 2. The molecule has 2 aromatic carbocycles. The highest BCUT2D eigenvalue weighted by Gasteiger charge is 2.14. The van der Waals surface area contributed by atoms with Crippen molar-refractivity contribution in [1.29, 1.82) is 0 Å². The van der Waals surface area contributed by atoms with Crippen LogP contribution in [0, 0.1) is 10.1 Å². The number of hydrogen-bond acceptors (Lipinski definition) is 5. The van der Waals surface area contributed by atoms with Gasteiger partial charge in [0.2, 0.25) is 0 Å². The van der Waals surface area contributed by atoms with Gasteiger partial charge >= 0.3 is 5.97 Å². The van der Waals surface area contributed by atoms with Crippen molar-refractivity contribution in [1.82, 2.24) is 4.98 Å². The monoisotopic (exact) mass is 338 g/mol. The number of hydrogen-bond donors (Lipinski definition) is 1. The summed E-state index contributed by atoms with van der Waals surface area (Å²) in [5.41, 5.74) is 1.73. The summed E-state index contributed by atoms with van der Waals surface area (Å²) in [6.07, 6.45) is 0. The Hall–Kier alpha value is -3.48. The number of nitrogens with one attached hydrogen (secondary N) is 1. The minimum Gasteiger partial charge on any atom is -0.461 e. The maximum Gasteiger partial charge on any atom is 0.354 e. The van der Waals surface area contributed by atoms with E-state index in [-0.39, 0.29) is 18.1 Å². The van der Waals surface area contributed by atoms with Gasteiger partial charge in [0.15, 0.2) is 5.78 Å². The van der Waals surface area contributed by atoms with Crippen LogP contribution >= 0.6 is 0 Å². The van der Waals surface area contributed by atoms with E-state index in [1.807, 2.05) is 0 Å². The van der Waals surface area contributed by atoms with Gasteiger partial charge in [-0.15, -0.1) is 0 Å². The van der Waals surface area contributed by atoms with Gasteiger partial charge in [0.25, 0.3) is 5.69 Å². The van der Waals surface area contributed by atoms with Crippen LogP contribution in [0.4, 0.5) is 5.69 Å². The predicted octanol–water partition coefficient (Wildman–Crippen LogP) is 3.48. The van der Waals surface area contributed by atoms with E-state index >= 15 is 0 Å².